The predicted molar refractivity (Wildman–Crippen MR) is 54.8 cm³/mol. The third-order valence-electron chi connectivity index (χ3n) is 2.33. The quantitative estimate of drug-likeness (QED) is 0.738. The van der Waals surface area contributed by atoms with E-state index in [9.17, 15) is 0 Å². The maximum absolute atomic E-state index is 9.11. The number of aryl methyl sites for hydroxylation is 2. The molecule has 0 bridgehead atoms. The second-order valence-corrected chi connectivity index (χ2v) is 3.38. The van der Waals surface area contributed by atoms with Crippen LogP contribution in [0.3, 0.4) is 0 Å². The number of rotatable bonds is 3. The van der Waals surface area contributed by atoms with Crippen molar-refractivity contribution in [3.05, 3.63) is 34.9 Å². The van der Waals surface area contributed by atoms with Crippen LogP contribution in [0, 0.1) is 13.8 Å². The number of aliphatic hydroxyl groups excluding tert-OH is 1. The van der Waals surface area contributed by atoms with Crippen LogP contribution in [0.2, 0.25) is 0 Å². The van der Waals surface area contributed by atoms with E-state index in [1.165, 1.54) is 16.7 Å². The third kappa shape index (κ3) is 2.29. The van der Waals surface area contributed by atoms with Crippen molar-refractivity contribution in [3.8, 4) is 0 Å². The second-order valence-electron chi connectivity index (χ2n) is 3.38. The summed E-state index contributed by atoms with van der Waals surface area (Å²) in [6.07, 6.45) is 0. The van der Waals surface area contributed by atoms with Gasteiger partial charge >= 0.3 is 0 Å². The molecule has 1 rings (SSSR count). The van der Waals surface area contributed by atoms with Gasteiger partial charge in [0.25, 0.3) is 0 Å². The van der Waals surface area contributed by atoms with Crippen LogP contribution in [0.25, 0.3) is 0 Å². The lowest BCUT2D eigenvalue weighted by Gasteiger charge is -2.16. The molecule has 1 unspecified atom stereocenters. The third-order valence-corrected chi connectivity index (χ3v) is 2.33. The Balaban J connectivity index is 2.99. The topological polar surface area (TPSA) is 32.3 Å². The lowest BCUT2D eigenvalue weighted by atomic mass is 10.00. The molecule has 2 nitrogen and oxygen atoms in total. The first kappa shape index (κ1) is 10.2. The summed E-state index contributed by atoms with van der Waals surface area (Å²) < 4.78 is 0. The van der Waals surface area contributed by atoms with Crippen LogP contribution in [0.4, 0.5) is 0 Å². The van der Waals surface area contributed by atoms with Crippen LogP contribution in [-0.4, -0.2) is 18.8 Å². The lowest BCUT2D eigenvalue weighted by molar-refractivity contribution is 0.250. The van der Waals surface area contributed by atoms with E-state index in [-0.39, 0.29) is 12.6 Å². The van der Waals surface area contributed by atoms with E-state index in [0.29, 0.717) is 0 Å². The molecule has 72 valence electrons. The lowest BCUT2D eigenvalue weighted by Crippen LogP contribution is -2.20. The molecule has 0 spiro atoms. The van der Waals surface area contributed by atoms with Gasteiger partial charge in [0.1, 0.15) is 0 Å². The van der Waals surface area contributed by atoms with E-state index < -0.39 is 0 Å². The van der Waals surface area contributed by atoms with Crippen LogP contribution >= 0.6 is 0 Å². The summed E-state index contributed by atoms with van der Waals surface area (Å²) in [5, 5.41) is 12.2. The van der Waals surface area contributed by atoms with E-state index in [1.54, 1.807) is 0 Å². The molecule has 0 heterocycles. The molecule has 0 saturated heterocycles. The summed E-state index contributed by atoms with van der Waals surface area (Å²) in [5.41, 5.74) is 3.66. The number of aliphatic hydroxyl groups is 1. The molecule has 0 amide bonds. The fraction of sp³-hybridized carbons (Fsp3) is 0.455. The first-order chi connectivity index (χ1) is 6.19. The van der Waals surface area contributed by atoms with Crippen LogP contribution in [0.1, 0.15) is 22.7 Å². The largest absolute Gasteiger partial charge is 0.394 e. The fourth-order valence-corrected chi connectivity index (χ4v) is 1.56. The average Bonchev–Trinajstić information content (AvgIpc) is 2.10. The highest BCUT2D eigenvalue weighted by Gasteiger charge is 2.09. The van der Waals surface area contributed by atoms with Gasteiger partial charge in [0.15, 0.2) is 0 Å². The second kappa shape index (κ2) is 4.40. The normalized spacial score (nSPS) is 12.9. The van der Waals surface area contributed by atoms with Crippen molar-refractivity contribution in [1.82, 2.24) is 5.32 Å². The molecule has 1 aromatic rings. The molecule has 13 heavy (non-hydrogen) atoms. The minimum absolute atomic E-state index is 0.0561. The summed E-state index contributed by atoms with van der Waals surface area (Å²) in [5.74, 6) is 0. The zero-order chi connectivity index (χ0) is 9.84. The van der Waals surface area contributed by atoms with Gasteiger partial charge in [-0.05, 0) is 32.0 Å². The molecule has 0 aromatic heterocycles. The molecule has 0 saturated carbocycles. The number of nitrogens with one attached hydrogen (secondary N) is 1. The van der Waals surface area contributed by atoms with Crippen LogP contribution < -0.4 is 5.32 Å². The molecule has 1 aromatic carbocycles. The molecule has 1 atom stereocenters. The summed E-state index contributed by atoms with van der Waals surface area (Å²) in [6, 6.07) is 6.33. The van der Waals surface area contributed by atoms with Crippen molar-refractivity contribution < 1.29 is 5.11 Å². The molecular formula is C11H17NO. The minimum atomic E-state index is 0.0561. The van der Waals surface area contributed by atoms with Crippen LogP contribution in [0.15, 0.2) is 18.2 Å². The smallest absolute Gasteiger partial charge is 0.0626 e. The van der Waals surface area contributed by atoms with E-state index in [4.69, 9.17) is 5.11 Å². The van der Waals surface area contributed by atoms with E-state index in [2.05, 4.69) is 37.4 Å². The summed E-state index contributed by atoms with van der Waals surface area (Å²) >= 11 is 0. The van der Waals surface area contributed by atoms with Crippen molar-refractivity contribution in [2.45, 2.75) is 19.9 Å². The Kier molecular flexibility index (Phi) is 3.46. The number of likely N-dealkylation sites (N-methyl/N-ethyl adjacent to an activating group) is 1. The fourth-order valence-electron chi connectivity index (χ4n) is 1.56. The maximum atomic E-state index is 9.11. The van der Waals surface area contributed by atoms with Crippen LogP contribution in [0.5, 0.6) is 0 Å². The molecule has 0 aliphatic rings. The first-order valence-electron chi connectivity index (χ1n) is 4.54. The Bertz CT molecular complexity index is 279. The Morgan fingerprint density at radius 1 is 1.38 bits per heavy atom. The van der Waals surface area contributed by atoms with Crippen molar-refractivity contribution in [1.29, 1.82) is 0 Å². The highest BCUT2D eigenvalue weighted by Crippen LogP contribution is 2.17. The van der Waals surface area contributed by atoms with Gasteiger partial charge in [-0.3, -0.25) is 0 Å². The Morgan fingerprint density at radius 2 is 2.08 bits per heavy atom. The highest BCUT2D eigenvalue weighted by molar-refractivity contribution is 5.32. The molecular weight excluding hydrogens is 162 g/mol. The number of hydrogen-bond donors (Lipinski definition) is 2. The molecule has 0 radical (unpaired) electrons. The average molecular weight is 179 g/mol. The zero-order valence-corrected chi connectivity index (χ0v) is 8.46. The Hall–Kier alpha value is -0.860. The van der Waals surface area contributed by atoms with Gasteiger partial charge in [0, 0.05) is 0 Å². The van der Waals surface area contributed by atoms with Gasteiger partial charge in [-0.2, -0.15) is 0 Å². The summed E-state index contributed by atoms with van der Waals surface area (Å²) in [4.78, 5) is 0. The highest BCUT2D eigenvalue weighted by atomic mass is 16.3. The first-order valence-corrected chi connectivity index (χ1v) is 4.54. The number of benzene rings is 1. The van der Waals surface area contributed by atoms with Gasteiger partial charge in [-0.25, -0.2) is 0 Å². The summed E-state index contributed by atoms with van der Waals surface area (Å²) in [7, 11) is 1.86. The van der Waals surface area contributed by atoms with Gasteiger partial charge < -0.3 is 10.4 Å². The molecule has 0 aliphatic carbocycles. The van der Waals surface area contributed by atoms with Crippen molar-refractivity contribution >= 4 is 0 Å². The van der Waals surface area contributed by atoms with Gasteiger partial charge in [0.05, 0.1) is 12.6 Å². The van der Waals surface area contributed by atoms with Crippen molar-refractivity contribution in [3.63, 3.8) is 0 Å². The van der Waals surface area contributed by atoms with E-state index in [0.717, 1.165) is 0 Å². The van der Waals surface area contributed by atoms with Gasteiger partial charge in [0.2, 0.25) is 0 Å². The van der Waals surface area contributed by atoms with E-state index in [1.807, 2.05) is 7.05 Å². The number of hydrogen-bond acceptors (Lipinski definition) is 2. The predicted octanol–water partition coefficient (Wildman–Crippen LogP) is 1.56. The van der Waals surface area contributed by atoms with Crippen molar-refractivity contribution in [2.24, 2.45) is 0 Å². The molecule has 0 fully saturated rings. The van der Waals surface area contributed by atoms with Gasteiger partial charge in [-0.1, -0.05) is 23.8 Å². The van der Waals surface area contributed by atoms with E-state index >= 15 is 0 Å². The Labute approximate surface area is 79.6 Å². The molecule has 2 heteroatoms. The molecule has 0 aliphatic heterocycles. The minimum Gasteiger partial charge on any atom is -0.394 e. The zero-order valence-electron chi connectivity index (χ0n) is 8.46. The molecule has 2 N–H and O–H groups in total. The van der Waals surface area contributed by atoms with Gasteiger partial charge in [-0.15, -0.1) is 0 Å². The monoisotopic (exact) mass is 179 g/mol. The maximum Gasteiger partial charge on any atom is 0.0626 e. The SMILES string of the molecule is CNC(CO)c1ccc(C)cc1C. The van der Waals surface area contributed by atoms with Crippen LogP contribution in [-0.2, 0) is 0 Å². The Morgan fingerprint density at radius 3 is 2.54 bits per heavy atom. The standard InChI is InChI=1S/C11H17NO/c1-8-4-5-10(9(2)6-8)11(7-13)12-3/h4-6,11-13H,7H2,1-3H3. The summed E-state index contributed by atoms with van der Waals surface area (Å²) in [6.45, 7) is 4.28. The van der Waals surface area contributed by atoms with Crippen molar-refractivity contribution in [2.75, 3.05) is 13.7 Å².